The van der Waals surface area contributed by atoms with Crippen LogP contribution < -0.4 is 5.32 Å². The van der Waals surface area contributed by atoms with Gasteiger partial charge in [-0.3, -0.25) is 4.79 Å². The molecule has 1 aromatic rings. The van der Waals surface area contributed by atoms with Crippen LogP contribution in [0.25, 0.3) is 0 Å². The number of nitrogens with one attached hydrogen (secondary N) is 1. The molecule has 0 saturated heterocycles. The lowest BCUT2D eigenvalue weighted by atomic mass is 10.2. The van der Waals surface area contributed by atoms with Gasteiger partial charge < -0.3 is 15.3 Å². The van der Waals surface area contributed by atoms with Gasteiger partial charge in [0.25, 0.3) is 0 Å². The van der Waals surface area contributed by atoms with E-state index in [4.69, 9.17) is 10.4 Å². The van der Waals surface area contributed by atoms with Gasteiger partial charge >= 0.3 is 12.0 Å². The van der Waals surface area contributed by atoms with Crippen molar-refractivity contribution >= 4 is 17.7 Å². The summed E-state index contributed by atoms with van der Waals surface area (Å²) in [5.74, 6) is -1.06. The van der Waals surface area contributed by atoms with E-state index >= 15 is 0 Å². The number of benzene rings is 1. The highest BCUT2D eigenvalue weighted by Crippen LogP contribution is 2.10. The highest BCUT2D eigenvalue weighted by molar-refractivity contribution is 5.91. The summed E-state index contributed by atoms with van der Waals surface area (Å²) >= 11 is 0. The number of rotatable bonds is 5. The van der Waals surface area contributed by atoms with Crippen molar-refractivity contribution < 1.29 is 14.7 Å². The van der Waals surface area contributed by atoms with Crippen LogP contribution in [-0.4, -0.2) is 35.1 Å². The maximum absolute atomic E-state index is 11.9. The zero-order chi connectivity index (χ0) is 14.3. The maximum atomic E-state index is 11.9. The van der Waals surface area contributed by atoms with Crippen molar-refractivity contribution in [3.05, 3.63) is 29.8 Å². The van der Waals surface area contributed by atoms with E-state index in [0.717, 1.165) is 0 Å². The van der Waals surface area contributed by atoms with Crippen LogP contribution >= 0.6 is 0 Å². The third kappa shape index (κ3) is 4.68. The minimum absolute atomic E-state index is 0.350. The van der Waals surface area contributed by atoms with E-state index in [9.17, 15) is 9.59 Å². The first-order chi connectivity index (χ1) is 9.06. The molecule has 0 aliphatic rings. The number of carbonyl (C=O) groups is 2. The molecule has 0 radical (unpaired) electrons. The standard InChI is InChI=1S/C13H15N3O3/c1-2-6-16(9-12(17)18)13(19)15-11-5-3-4-10(7-11)8-14/h3-5,7H,2,6,9H2,1H3,(H,15,19)(H,17,18). The lowest BCUT2D eigenvalue weighted by Gasteiger charge is -2.20. The van der Waals surface area contributed by atoms with Crippen LogP contribution in [0.15, 0.2) is 24.3 Å². The Labute approximate surface area is 111 Å². The quantitative estimate of drug-likeness (QED) is 0.846. The molecular formula is C13H15N3O3. The van der Waals surface area contributed by atoms with E-state index in [1.54, 1.807) is 18.2 Å². The Bertz CT molecular complexity index is 508. The predicted octanol–water partition coefficient (Wildman–Crippen LogP) is 1.89. The molecule has 0 aromatic heterocycles. The Kier molecular flexibility index (Phi) is 5.35. The summed E-state index contributed by atoms with van der Waals surface area (Å²) in [5, 5.41) is 20.1. The van der Waals surface area contributed by atoms with Gasteiger partial charge in [0, 0.05) is 12.2 Å². The molecule has 0 unspecified atom stereocenters. The second-order valence-corrected chi connectivity index (χ2v) is 3.94. The number of carboxylic acids is 1. The Morgan fingerprint density at radius 2 is 2.21 bits per heavy atom. The molecule has 0 saturated carbocycles. The second-order valence-electron chi connectivity index (χ2n) is 3.94. The Hall–Kier alpha value is -2.55. The van der Waals surface area contributed by atoms with Crippen molar-refractivity contribution in [2.45, 2.75) is 13.3 Å². The van der Waals surface area contributed by atoms with E-state index < -0.39 is 12.0 Å². The second kappa shape index (κ2) is 7.01. The summed E-state index contributed by atoms with van der Waals surface area (Å²) in [5.41, 5.74) is 0.897. The van der Waals surface area contributed by atoms with Crippen LogP contribution in [-0.2, 0) is 4.79 Å². The molecule has 6 heteroatoms. The molecule has 1 aromatic carbocycles. The van der Waals surface area contributed by atoms with Gasteiger partial charge in [-0.05, 0) is 24.6 Å². The minimum atomic E-state index is -1.06. The summed E-state index contributed by atoms with van der Waals surface area (Å²) in [7, 11) is 0. The molecule has 1 rings (SSSR count). The summed E-state index contributed by atoms with van der Waals surface area (Å²) in [4.78, 5) is 23.8. The van der Waals surface area contributed by atoms with Crippen molar-refractivity contribution in [3.63, 3.8) is 0 Å². The SMILES string of the molecule is CCCN(CC(=O)O)C(=O)Nc1cccc(C#N)c1. The normalized spacial score (nSPS) is 9.47. The van der Waals surface area contributed by atoms with Crippen molar-refractivity contribution in [2.24, 2.45) is 0 Å². The fourth-order valence-corrected chi connectivity index (χ4v) is 1.55. The van der Waals surface area contributed by atoms with Crippen LogP contribution in [0.3, 0.4) is 0 Å². The minimum Gasteiger partial charge on any atom is -0.480 e. The van der Waals surface area contributed by atoms with Crippen molar-refractivity contribution in [3.8, 4) is 6.07 Å². The Morgan fingerprint density at radius 3 is 2.79 bits per heavy atom. The summed E-state index contributed by atoms with van der Waals surface area (Å²) in [6.45, 7) is 1.87. The van der Waals surface area contributed by atoms with Gasteiger partial charge in [-0.1, -0.05) is 13.0 Å². The highest BCUT2D eigenvalue weighted by Gasteiger charge is 2.15. The van der Waals surface area contributed by atoms with Crippen LogP contribution in [0.2, 0.25) is 0 Å². The van der Waals surface area contributed by atoms with Gasteiger partial charge in [-0.15, -0.1) is 0 Å². The number of carboxylic acid groups (broad SMARTS) is 1. The van der Waals surface area contributed by atoms with E-state index in [0.29, 0.717) is 24.2 Å². The van der Waals surface area contributed by atoms with Crippen molar-refractivity contribution in [2.75, 3.05) is 18.4 Å². The van der Waals surface area contributed by atoms with E-state index in [2.05, 4.69) is 5.32 Å². The number of urea groups is 1. The third-order valence-electron chi connectivity index (χ3n) is 2.35. The van der Waals surface area contributed by atoms with Crippen LogP contribution in [0.5, 0.6) is 0 Å². The van der Waals surface area contributed by atoms with Gasteiger partial charge in [-0.25, -0.2) is 4.79 Å². The molecule has 0 fully saturated rings. The monoisotopic (exact) mass is 261 g/mol. The lowest BCUT2D eigenvalue weighted by Crippen LogP contribution is -2.39. The number of carbonyl (C=O) groups excluding carboxylic acids is 1. The molecule has 0 aliphatic heterocycles. The molecule has 0 atom stereocenters. The molecule has 0 spiro atoms. The number of nitriles is 1. The van der Waals surface area contributed by atoms with Crippen LogP contribution in [0.1, 0.15) is 18.9 Å². The first-order valence-corrected chi connectivity index (χ1v) is 5.84. The number of hydrogen-bond acceptors (Lipinski definition) is 3. The number of aliphatic carboxylic acids is 1. The average Bonchev–Trinajstić information content (AvgIpc) is 2.38. The molecular weight excluding hydrogens is 246 g/mol. The number of hydrogen-bond donors (Lipinski definition) is 2. The molecule has 100 valence electrons. The summed E-state index contributed by atoms with van der Waals surface area (Å²) < 4.78 is 0. The fraction of sp³-hybridized carbons (Fsp3) is 0.308. The van der Waals surface area contributed by atoms with Gasteiger partial charge in [0.05, 0.1) is 11.6 Å². The zero-order valence-corrected chi connectivity index (χ0v) is 10.6. The van der Waals surface area contributed by atoms with E-state index in [1.807, 2.05) is 13.0 Å². The van der Waals surface area contributed by atoms with Crippen LogP contribution in [0, 0.1) is 11.3 Å². The fourth-order valence-electron chi connectivity index (χ4n) is 1.55. The van der Waals surface area contributed by atoms with Gasteiger partial charge in [-0.2, -0.15) is 5.26 Å². The predicted molar refractivity (Wildman–Crippen MR) is 69.7 cm³/mol. The van der Waals surface area contributed by atoms with Gasteiger partial charge in [0.2, 0.25) is 0 Å². The number of anilines is 1. The average molecular weight is 261 g/mol. The van der Waals surface area contributed by atoms with Gasteiger partial charge in [0.1, 0.15) is 6.54 Å². The molecule has 19 heavy (non-hydrogen) atoms. The maximum Gasteiger partial charge on any atom is 0.323 e. The topological polar surface area (TPSA) is 93.4 Å². The molecule has 0 aliphatic carbocycles. The number of amides is 2. The number of nitrogens with zero attached hydrogens (tertiary/aromatic N) is 2. The largest absolute Gasteiger partial charge is 0.480 e. The molecule has 0 bridgehead atoms. The van der Waals surface area contributed by atoms with Crippen LogP contribution in [0.4, 0.5) is 10.5 Å². The van der Waals surface area contributed by atoms with Gasteiger partial charge in [0.15, 0.2) is 0 Å². The molecule has 2 N–H and O–H groups in total. The first kappa shape index (κ1) is 14.5. The lowest BCUT2D eigenvalue weighted by molar-refractivity contribution is -0.137. The van der Waals surface area contributed by atoms with E-state index in [-0.39, 0.29) is 6.54 Å². The molecule has 0 heterocycles. The van der Waals surface area contributed by atoms with Crippen molar-refractivity contribution in [1.82, 2.24) is 4.90 Å². The summed E-state index contributed by atoms with van der Waals surface area (Å²) in [6.07, 6.45) is 0.666. The zero-order valence-electron chi connectivity index (χ0n) is 10.6. The third-order valence-corrected chi connectivity index (χ3v) is 2.35. The molecule has 2 amide bonds. The first-order valence-electron chi connectivity index (χ1n) is 5.84. The highest BCUT2D eigenvalue weighted by atomic mass is 16.4. The Balaban J connectivity index is 2.75. The van der Waals surface area contributed by atoms with E-state index in [1.165, 1.54) is 11.0 Å². The Morgan fingerprint density at radius 1 is 1.47 bits per heavy atom. The smallest absolute Gasteiger partial charge is 0.323 e. The summed E-state index contributed by atoms with van der Waals surface area (Å²) in [6, 6.07) is 7.92. The molecule has 6 nitrogen and oxygen atoms in total. The van der Waals surface area contributed by atoms with Crippen molar-refractivity contribution in [1.29, 1.82) is 5.26 Å².